The van der Waals surface area contributed by atoms with E-state index < -0.39 is 6.04 Å². The Labute approximate surface area is 96.8 Å². The standard InChI is InChI=1S/C12H20N2O2/c1-2-5-11(13)12(16)14(8-9-15)10-6-3-4-7-10/h1,10-11,15H,3-9,13H2. The maximum atomic E-state index is 12.0. The molecule has 16 heavy (non-hydrogen) atoms. The number of nitrogens with zero attached hydrogens (tertiary/aromatic N) is 1. The summed E-state index contributed by atoms with van der Waals surface area (Å²) < 4.78 is 0. The Bertz CT molecular complexity index is 267. The molecule has 1 aliphatic rings. The molecule has 0 heterocycles. The summed E-state index contributed by atoms with van der Waals surface area (Å²) in [5, 5.41) is 8.98. The van der Waals surface area contributed by atoms with Crippen LogP contribution in [0, 0.1) is 12.3 Å². The Kier molecular flexibility index (Phi) is 5.30. The lowest BCUT2D eigenvalue weighted by molar-refractivity contribution is -0.135. The molecular formula is C12H20N2O2. The van der Waals surface area contributed by atoms with Crippen molar-refractivity contribution < 1.29 is 9.90 Å². The van der Waals surface area contributed by atoms with E-state index in [1.54, 1.807) is 4.90 Å². The van der Waals surface area contributed by atoms with Gasteiger partial charge in [-0.1, -0.05) is 12.8 Å². The topological polar surface area (TPSA) is 66.6 Å². The van der Waals surface area contributed by atoms with Crippen molar-refractivity contribution in [3.8, 4) is 12.3 Å². The molecule has 0 aromatic rings. The van der Waals surface area contributed by atoms with Crippen molar-refractivity contribution in [1.82, 2.24) is 4.90 Å². The van der Waals surface area contributed by atoms with E-state index in [2.05, 4.69) is 5.92 Å². The van der Waals surface area contributed by atoms with Gasteiger partial charge < -0.3 is 15.7 Å². The summed E-state index contributed by atoms with van der Waals surface area (Å²) in [5.41, 5.74) is 5.71. The van der Waals surface area contributed by atoms with Crippen LogP contribution >= 0.6 is 0 Å². The van der Waals surface area contributed by atoms with E-state index in [9.17, 15) is 4.79 Å². The van der Waals surface area contributed by atoms with Crippen LogP contribution in [0.1, 0.15) is 32.1 Å². The number of carbonyl (C=O) groups is 1. The van der Waals surface area contributed by atoms with Gasteiger partial charge in [0.1, 0.15) is 0 Å². The van der Waals surface area contributed by atoms with Gasteiger partial charge in [0.15, 0.2) is 0 Å². The van der Waals surface area contributed by atoms with Crippen LogP contribution in [-0.4, -0.2) is 41.1 Å². The third-order valence-electron chi connectivity index (χ3n) is 3.04. The molecule has 0 bridgehead atoms. The minimum Gasteiger partial charge on any atom is -0.395 e. The van der Waals surface area contributed by atoms with Gasteiger partial charge in [-0.15, -0.1) is 12.3 Å². The molecule has 3 N–H and O–H groups in total. The van der Waals surface area contributed by atoms with Crippen LogP contribution in [0.5, 0.6) is 0 Å². The molecule has 0 radical (unpaired) electrons. The Hall–Kier alpha value is -1.05. The van der Waals surface area contributed by atoms with Gasteiger partial charge in [0.25, 0.3) is 0 Å². The lowest BCUT2D eigenvalue weighted by Crippen LogP contribution is -2.48. The summed E-state index contributed by atoms with van der Waals surface area (Å²) in [5.74, 6) is 2.27. The second kappa shape index (κ2) is 6.51. The molecule has 0 spiro atoms. The Morgan fingerprint density at radius 2 is 2.19 bits per heavy atom. The number of aliphatic hydroxyl groups is 1. The van der Waals surface area contributed by atoms with Gasteiger partial charge in [0.05, 0.1) is 12.6 Å². The van der Waals surface area contributed by atoms with Gasteiger partial charge in [-0.05, 0) is 12.8 Å². The molecule has 4 heteroatoms. The predicted octanol–water partition coefficient (Wildman–Crippen LogP) is 0.100. The predicted molar refractivity (Wildman–Crippen MR) is 62.5 cm³/mol. The van der Waals surface area contributed by atoms with Crippen LogP contribution in [0.4, 0.5) is 0 Å². The highest BCUT2D eigenvalue weighted by molar-refractivity contribution is 5.82. The van der Waals surface area contributed by atoms with Crippen molar-refractivity contribution in [2.75, 3.05) is 13.2 Å². The maximum absolute atomic E-state index is 12.0. The second-order valence-electron chi connectivity index (χ2n) is 4.21. The Morgan fingerprint density at radius 3 is 2.69 bits per heavy atom. The Morgan fingerprint density at radius 1 is 1.56 bits per heavy atom. The van der Waals surface area contributed by atoms with Crippen LogP contribution in [0.2, 0.25) is 0 Å². The lowest BCUT2D eigenvalue weighted by Gasteiger charge is -2.30. The van der Waals surface area contributed by atoms with Gasteiger partial charge in [0, 0.05) is 19.0 Å². The molecule has 1 fully saturated rings. The van der Waals surface area contributed by atoms with Crippen LogP contribution in [0.3, 0.4) is 0 Å². The Balaban J connectivity index is 2.61. The molecule has 0 aromatic heterocycles. The fourth-order valence-electron chi connectivity index (χ4n) is 2.22. The molecule has 0 aliphatic heterocycles. The molecular weight excluding hydrogens is 204 g/mol. The molecule has 4 nitrogen and oxygen atoms in total. The molecule has 1 saturated carbocycles. The van der Waals surface area contributed by atoms with Crippen molar-refractivity contribution in [3.63, 3.8) is 0 Å². The number of hydrogen-bond donors (Lipinski definition) is 2. The highest BCUT2D eigenvalue weighted by Gasteiger charge is 2.28. The SMILES string of the molecule is C#CCC(N)C(=O)N(CCO)C1CCCC1. The van der Waals surface area contributed by atoms with Gasteiger partial charge in [-0.2, -0.15) is 0 Å². The summed E-state index contributed by atoms with van der Waals surface area (Å²) in [6.45, 7) is 0.340. The van der Waals surface area contributed by atoms with E-state index in [0.717, 1.165) is 25.7 Å². The number of carbonyl (C=O) groups excluding carboxylic acids is 1. The number of amides is 1. The maximum Gasteiger partial charge on any atom is 0.240 e. The van der Waals surface area contributed by atoms with Gasteiger partial charge >= 0.3 is 0 Å². The molecule has 0 aromatic carbocycles. The molecule has 90 valence electrons. The van der Waals surface area contributed by atoms with E-state index >= 15 is 0 Å². The first-order valence-corrected chi connectivity index (χ1v) is 5.81. The molecule has 0 saturated heterocycles. The summed E-state index contributed by atoms with van der Waals surface area (Å²) >= 11 is 0. The van der Waals surface area contributed by atoms with Crippen LogP contribution < -0.4 is 5.73 Å². The molecule has 1 amide bonds. The van der Waals surface area contributed by atoms with E-state index in [1.165, 1.54) is 0 Å². The van der Waals surface area contributed by atoms with Crippen LogP contribution in [0.15, 0.2) is 0 Å². The monoisotopic (exact) mass is 224 g/mol. The zero-order valence-electron chi connectivity index (χ0n) is 9.56. The number of rotatable bonds is 5. The molecule has 1 aliphatic carbocycles. The zero-order valence-corrected chi connectivity index (χ0v) is 9.56. The first-order chi connectivity index (χ1) is 7.70. The van der Waals surface area contributed by atoms with Crippen molar-refractivity contribution in [2.45, 2.75) is 44.2 Å². The first-order valence-electron chi connectivity index (χ1n) is 5.81. The van der Waals surface area contributed by atoms with Crippen molar-refractivity contribution in [1.29, 1.82) is 0 Å². The fraction of sp³-hybridized carbons (Fsp3) is 0.750. The summed E-state index contributed by atoms with van der Waals surface area (Å²) in [4.78, 5) is 13.7. The van der Waals surface area contributed by atoms with Gasteiger partial charge in [-0.25, -0.2) is 0 Å². The summed E-state index contributed by atoms with van der Waals surface area (Å²) in [7, 11) is 0. The van der Waals surface area contributed by atoms with Gasteiger partial charge in [-0.3, -0.25) is 4.79 Å². The first kappa shape index (κ1) is 13.0. The smallest absolute Gasteiger partial charge is 0.240 e. The zero-order chi connectivity index (χ0) is 12.0. The summed E-state index contributed by atoms with van der Waals surface area (Å²) in [6, 6.07) is -0.388. The third kappa shape index (κ3) is 3.22. The fourth-order valence-corrected chi connectivity index (χ4v) is 2.22. The molecule has 1 atom stereocenters. The van der Waals surface area contributed by atoms with E-state index in [1.807, 2.05) is 0 Å². The number of aliphatic hydroxyl groups excluding tert-OH is 1. The number of nitrogens with two attached hydrogens (primary N) is 1. The third-order valence-corrected chi connectivity index (χ3v) is 3.04. The van der Waals surface area contributed by atoms with E-state index in [0.29, 0.717) is 6.54 Å². The normalized spacial score (nSPS) is 18.1. The largest absolute Gasteiger partial charge is 0.395 e. The van der Waals surface area contributed by atoms with E-state index in [4.69, 9.17) is 17.3 Å². The van der Waals surface area contributed by atoms with E-state index in [-0.39, 0.29) is 25.0 Å². The highest BCUT2D eigenvalue weighted by atomic mass is 16.3. The average Bonchev–Trinajstić information content (AvgIpc) is 2.78. The second-order valence-corrected chi connectivity index (χ2v) is 4.21. The molecule has 1 rings (SSSR count). The number of terminal acetylenes is 1. The van der Waals surface area contributed by atoms with Crippen LogP contribution in [0.25, 0.3) is 0 Å². The molecule has 1 unspecified atom stereocenters. The van der Waals surface area contributed by atoms with Crippen LogP contribution in [-0.2, 0) is 4.79 Å². The van der Waals surface area contributed by atoms with Crippen molar-refractivity contribution in [3.05, 3.63) is 0 Å². The van der Waals surface area contributed by atoms with Crippen molar-refractivity contribution in [2.24, 2.45) is 5.73 Å². The minimum absolute atomic E-state index is 0.0228. The van der Waals surface area contributed by atoms with Gasteiger partial charge in [0.2, 0.25) is 5.91 Å². The quantitative estimate of drug-likeness (QED) is 0.651. The minimum atomic E-state index is -0.628. The van der Waals surface area contributed by atoms with Crippen molar-refractivity contribution >= 4 is 5.91 Å². The highest BCUT2D eigenvalue weighted by Crippen LogP contribution is 2.23. The summed E-state index contributed by atoms with van der Waals surface area (Å²) in [6.07, 6.45) is 9.71. The lowest BCUT2D eigenvalue weighted by atomic mass is 10.1. The number of hydrogen-bond acceptors (Lipinski definition) is 3. The average molecular weight is 224 g/mol.